The molecule has 3 nitrogen and oxygen atoms in total. The van der Waals surface area contributed by atoms with Gasteiger partial charge in [0.25, 0.3) is 0 Å². The van der Waals surface area contributed by atoms with Gasteiger partial charge in [-0.2, -0.15) is 0 Å². The SMILES string of the molecule is COc1ccc(CS(=O)Cc2ncc(Cl)cc2Cl)cc1F. The number of ether oxygens (including phenoxy) is 1. The molecule has 0 saturated carbocycles. The van der Waals surface area contributed by atoms with E-state index in [-0.39, 0.29) is 17.3 Å². The van der Waals surface area contributed by atoms with Crippen molar-refractivity contribution in [3.8, 4) is 5.75 Å². The van der Waals surface area contributed by atoms with Crippen LogP contribution in [0.1, 0.15) is 11.3 Å². The number of pyridine rings is 1. The Bertz CT molecular complexity index is 682. The zero-order chi connectivity index (χ0) is 15.4. The molecule has 0 N–H and O–H groups in total. The molecule has 7 heteroatoms. The van der Waals surface area contributed by atoms with Crippen LogP contribution < -0.4 is 4.74 Å². The number of hydrogen-bond acceptors (Lipinski definition) is 3. The fourth-order valence-corrected chi connectivity index (χ4v) is 3.45. The van der Waals surface area contributed by atoms with Gasteiger partial charge in [0.2, 0.25) is 0 Å². The summed E-state index contributed by atoms with van der Waals surface area (Å²) in [4.78, 5) is 4.05. The lowest BCUT2D eigenvalue weighted by atomic mass is 10.2. The maximum atomic E-state index is 13.6. The molecule has 0 aliphatic heterocycles. The zero-order valence-electron chi connectivity index (χ0n) is 11.1. The van der Waals surface area contributed by atoms with E-state index < -0.39 is 16.6 Å². The lowest BCUT2D eigenvalue weighted by Gasteiger charge is -2.06. The van der Waals surface area contributed by atoms with Crippen LogP contribution in [0, 0.1) is 5.82 Å². The van der Waals surface area contributed by atoms with Crippen molar-refractivity contribution in [1.29, 1.82) is 0 Å². The number of benzene rings is 1. The summed E-state index contributed by atoms with van der Waals surface area (Å²) in [5.74, 6) is 0.0761. The van der Waals surface area contributed by atoms with E-state index in [4.69, 9.17) is 27.9 Å². The van der Waals surface area contributed by atoms with Crippen LogP contribution in [0.2, 0.25) is 10.0 Å². The third-order valence-corrected chi connectivity index (χ3v) is 4.51. The Kier molecular flexibility index (Phi) is 5.56. The summed E-state index contributed by atoms with van der Waals surface area (Å²) in [6.45, 7) is 0. The third-order valence-electron chi connectivity index (χ3n) is 2.73. The maximum Gasteiger partial charge on any atom is 0.165 e. The minimum atomic E-state index is -1.25. The molecule has 2 rings (SSSR count). The van der Waals surface area contributed by atoms with Crippen LogP contribution in [-0.2, 0) is 22.3 Å². The van der Waals surface area contributed by atoms with E-state index in [9.17, 15) is 8.60 Å². The van der Waals surface area contributed by atoms with Crippen LogP contribution in [0.4, 0.5) is 4.39 Å². The largest absolute Gasteiger partial charge is 0.494 e. The Morgan fingerprint density at radius 3 is 2.67 bits per heavy atom. The second-order valence-electron chi connectivity index (χ2n) is 4.28. The standard InChI is InChI=1S/C14H12Cl2FNO2S/c1-20-14-3-2-9(4-12(14)17)7-21(19)8-13-11(16)5-10(15)6-18-13/h2-6H,7-8H2,1H3. The van der Waals surface area contributed by atoms with Crippen molar-refractivity contribution in [2.45, 2.75) is 11.5 Å². The van der Waals surface area contributed by atoms with Gasteiger partial charge in [0.1, 0.15) is 0 Å². The molecule has 112 valence electrons. The first kappa shape index (κ1) is 16.2. The van der Waals surface area contributed by atoms with Crippen molar-refractivity contribution >= 4 is 34.0 Å². The summed E-state index contributed by atoms with van der Waals surface area (Å²) in [5.41, 5.74) is 1.13. The predicted octanol–water partition coefficient (Wildman–Crippen LogP) is 3.99. The summed E-state index contributed by atoms with van der Waals surface area (Å²) < 4.78 is 30.5. The molecule has 1 heterocycles. The molecule has 0 fully saturated rings. The molecular formula is C14H12Cl2FNO2S. The Balaban J connectivity index is 2.06. The van der Waals surface area contributed by atoms with E-state index in [2.05, 4.69) is 4.98 Å². The van der Waals surface area contributed by atoms with Gasteiger partial charge in [-0.3, -0.25) is 9.19 Å². The molecule has 1 atom stereocenters. The van der Waals surface area contributed by atoms with E-state index in [1.165, 1.54) is 25.4 Å². The lowest BCUT2D eigenvalue weighted by molar-refractivity contribution is 0.386. The van der Waals surface area contributed by atoms with E-state index in [1.54, 1.807) is 12.1 Å². The van der Waals surface area contributed by atoms with Crippen molar-refractivity contribution < 1.29 is 13.3 Å². The molecule has 1 aromatic carbocycles. The molecule has 0 amide bonds. The van der Waals surface area contributed by atoms with Gasteiger partial charge >= 0.3 is 0 Å². The highest BCUT2D eigenvalue weighted by Gasteiger charge is 2.10. The number of nitrogens with zero attached hydrogens (tertiary/aromatic N) is 1. The Morgan fingerprint density at radius 1 is 1.29 bits per heavy atom. The highest BCUT2D eigenvalue weighted by Crippen LogP contribution is 2.22. The minimum absolute atomic E-state index is 0.159. The molecule has 0 aliphatic rings. The minimum Gasteiger partial charge on any atom is -0.494 e. The first-order valence-electron chi connectivity index (χ1n) is 5.97. The molecule has 0 aliphatic carbocycles. The average molecular weight is 348 g/mol. The van der Waals surface area contributed by atoms with Gasteiger partial charge in [-0.05, 0) is 23.8 Å². The second-order valence-corrected chi connectivity index (χ2v) is 6.58. The maximum absolute atomic E-state index is 13.6. The second kappa shape index (κ2) is 7.20. The van der Waals surface area contributed by atoms with Gasteiger partial charge in [-0.1, -0.05) is 29.3 Å². The van der Waals surface area contributed by atoms with Gasteiger partial charge in [0.05, 0.1) is 28.6 Å². The van der Waals surface area contributed by atoms with Gasteiger partial charge in [-0.15, -0.1) is 0 Å². The van der Waals surface area contributed by atoms with Gasteiger partial charge in [0, 0.05) is 22.7 Å². The zero-order valence-corrected chi connectivity index (χ0v) is 13.4. The highest BCUT2D eigenvalue weighted by molar-refractivity contribution is 7.83. The molecular weight excluding hydrogens is 336 g/mol. The third kappa shape index (κ3) is 4.40. The van der Waals surface area contributed by atoms with Gasteiger partial charge < -0.3 is 4.74 Å². The number of methoxy groups -OCH3 is 1. The van der Waals surface area contributed by atoms with Crippen molar-refractivity contribution in [3.63, 3.8) is 0 Å². The molecule has 0 saturated heterocycles. The topological polar surface area (TPSA) is 39.2 Å². The van der Waals surface area contributed by atoms with Crippen molar-refractivity contribution in [3.05, 3.63) is 57.6 Å². The monoisotopic (exact) mass is 347 g/mol. The first-order chi connectivity index (χ1) is 9.99. The van der Waals surface area contributed by atoms with Crippen molar-refractivity contribution in [1.82, 2.24) is 4.98 Å². The van der Waals surface area contributed by atoms with Gasteiger partial charge in [0.15, 0.2) is 11.6 Å². The van der Waals surface area contributed by atoms with E-state index in [0.29, 0.717) is 21.3 Å². The average Bonchev–Trinajstić information content (AvgIpc) is 2.42. The predicted molar refractivity (Wildman–Crippen MR) is 82.8 cm³/mol. The number of halogens is 3. The van der Waals surface area contributed by atoms with Crippen LogP contribution in [0.5, 0.6) is 5.75 Å². The molecule has 0 bridgehead atoms. The van der Waals surface area contributed by atoms with Crippen LogP contribution >= 0.6 is 23.2 Å². The molecule has 1 aromatic heterocycles. The molecule has 0 radical (unpaired) electrons. The smallest absolute Gasteiger partial charge is 0.165 e. The van der Waals surface area contributed by atoms with E-state index >= 15 is 0 Å². The Morgan fingerprint density at radius 2 is 2.05 bits per heavy atom. The van der Waals surface area contributed by atoms with Crippen molar-refractivity contribution in [2.24, 2.45) is 0 Å². The number of aromatic nitrogens is 1. The van der Waals surface area contributed by atoms with E-state index in [1.807, 2.05) is 0 Å². The molecule has 1 unspecified atom stereocenters. The molecule has 0 spiro atoms. The summed E-state index contributed by atoms with van der Waals surface area (Å²) in [7, 11) is 0.140. The number of rotatable bonds is 5. The normalized spacial score (nSPS) is 12.2. The fraction of sp³-hybridized carbons (Fsp3) is 0.214. The first-order valence-corrected chi connectivity index (χ1v) is 8.21. The fourth-order valence-electron chi connectivity index (χ4n) is 1.74. The molecule has 21 heavy (non-hydrogen) atoms. The summed E-state index contributed by atoms with van der Waals surface area (Å²) >= 11 is 11.7. The quantitative estimate of drug-likeness (QED) is 0.820. The highest BCUT2D eigenvalue weighted by atomic mass is 35.5. The van der Waals surface area contributed by atoms with Crippen molar-refractivity contribution in [2.75, 3.05) is 7.11 Å². The summed E-state index contributed by atoms with van der Waals surface area (Å²) in [6, 6.07) is 6.05. The van der Waals surface area contributed by atoms with Crippen LogP contribution in [0.15, 0.2) is 30.5 Å². The van der Waals surface area contributed by atoms with E-state index in [0.717, 1.165) is 0 Å². The lowest BCUT2D eigenvalue weighted by Crippen LogP contribution is -2.02. The van der Waals surface area contributed by atoms with Gasteiger partial charge in [-0.25, -0.2) is 4.39 Å². The van der Waals surface area contributed by atoms with Crippen LogP contribution in [-0.4, -0.2) is 16.3 Å². The number of hydrogen-bond donors (Lipinski definition) is 0. The van der Waals surface area contributed by atoms with Crippen LogP contribution in [0.25, 0.3) is 0 Å². The molecule has 2 aromatic rings. The summed E-state index contributed by atoms with van der Waals surface area (Å²) in [5, 5.41) is 0.795. The van der Waals surface area contributed by atoms with Crippen LogP contribution in [0.3, 0.4) is 0 Å². The Hall–Kier alpha value is -1.17. The Labute approximate surface area is 134 Å². The summed E-state index contributed by atoms with van der Waals surface area (Å²) in [6.07, 6.45) is 1.45.